The minimum absolute atomic E-state index is 0.0247. The van der Waals surface area contributed by atoms with Crippen LogP contribution in [0.5, 0.6) is 0 Å². The van der Waals surface area contributed by atoms with Gasteiger partial charge in [0.2, 0.25) is 11.7 Å². The first-order valence-corrected chi connectivity index (χ1v) is 15.5. The summed E-state index contributed by atoms with van der Waals surface area (Å²) in [7, 11) is 0. The number of carboxylic acid groups (broad SMARTS) is 1. The fourth-order valence-electron chi connectivity index (χ4n) is 8.71. The first-order valence-electron chi connectivity index (χ1n) is 15.5. The maximum absolute atomic E-state index is 13.5. The summed E-state index contributed by atoms with van der Waals surface area (Å²) in [6, 6.07) is 6.34. The van der Waals surface area contributed by atoms with E-state index < -0.39 is 77.8 Å². The highest BCUT2D eigenvalue weighted by atomic mass is 16.5. The van der Waals surface area contributed by atoms with Gasteiger partial charge in [0.05, 0.1) is 12.5 Å². The Morgan fingerprint density at radius 3 is 2.49 bits per heavy atom. The maximum atomic E-state index is 13.5. The molecule has 1 amide bonds. The number of amides is 1. The van der Waals surface area contributed by atoms with Crippen molar-refractivity contribution >= 4 is 29.4 Å². The van der Waals surface area contributed by atoms with Gasteiger partial charge in [0, 0.05) is 23.2 Å². The Morgan fingerprint density at radius 2 is 1.80 bits per heavy atom. The number of benzene rings is 1. The number of carboxylic acids is 1. The number of carbonyl (C=O) groups is 5. The Kier molecular flexibility index (Phi) is 8.91. The van der Waals surface area contributed by atoms with Crippen molar-refractivity contribution in [1.82, 2.24) is 5.32 Å². The average molecular weight is 624 g/mol. The quantitative estimate of drug-likeness (QED) is 0.242. The van der Waals surface area contributed by atoms with Crippen LogP contribution in [0.4, 0.5) is 0 Å². The summed E-state index contributed by atoms with van der Waals surface area (Å²) in [5, 5.41) is 45.5. The number of Topliss-reactive ketones (excluding diaryl/α,β-unsaturated/α-hetero) is 1. The number of carbonyl (C=O) groups excluding carboxylic acids is 4. The highest BCUT2D eigenvalue weighted by Gasteiger charge is 2.68. The van der Waals surface area contributed by atoms with E-state index in [0.717, 1.165) is 12.0 Å². The normalized spacial score (nSPS) is 34.8. The number of allylic oxidation sites excluding steroid dienone is 4. The molecule has 0 bridgehead atoms. The second-order valence-corrected chi connectivity index (χ2v) is 13.4. The van der Waals surface area contributed by atoms with Gasteiger partial charge < -0.3 is 30.5 Å². The number of aliphatic carboxylic acids is 1. The Hall–Kier alpha value is -3.67. The first kappa shape index (κ1) is 32.7. The van der Waals surface area contributed by atoms with Crippen LogP contribution in [0.3, 0.4) is 0 Å². The SMILES string of the molecule is C[C@]12C=CC(=O)C=C1CC[C@H]1[C@H]2[C@@H](O)C[C@@]2(C)[C@H]1CC[C@]2(O)C(=O)COC(=O)CCC(=O)N[C@@H](C(=O)O)[C@H](O)c1ccccc1. The summed E-state index contributed by atoms with van der Waals surface area (Å²) in [5.41, 5.74) is -1.94. The van der Waals surface area contributed by atoms with Crippen molar-refractivity contribution in [1.29, 1.82) is 0 Å². The molecular weight excluding hydrogens is 582 g/mol. The summed E-state index contributed by atoms with van der Waals surface area (Å²) in [6.45, 7) is 3.16. The average Bonchev–Trinajstić information content (AvgIpc) is 3.28. The number of fused-ring (bicyclic) bond motifs is 5. The fourth-order valence-corrected chi connectivity index (χ4v) is 8.71. The number of aliphatic hydroxyl groups is 3. The zero-order valence-corrected chi connectivity index (χ0v) is 25.5. The molecule has 5 rings (SSSR count). The largest absolute Gasteiger partial charge is 0.480 e. The number of esters is 1. The van der Waals surface area contributed by atoms with Crippen LogP contribution in [-0.2, 0) is 28.7 Å². The number of hydrogen-bond donors (Lipinski definition) is 5. The van der Waals surface area contributed by atoms with Crippen LogP contribution in [0.1, 0.15) is 70.5 Å². The summed E-state index contributed by atoms with van der Waals surface area (Å²) < 4.78 is 5.15. The number of hydrogen-bond acceptors (Lipinski definition) is 9. The molecule has 9 atom stereocenters. The van der Waals surface area contributed by atoms with Crippen LogP contribution in [0.25, 0.3) is 0 Å². The molecule has 45 heavy (non-hydrogen) atoms. The highest BCUT2D eigenvalue weighted by Crippen LogP contribution is 2.67. The first-order chi connectivity index (χ1) is 21.2. The van der Waals surface area contributed by atoms with Crippen LogP contribution >= 0.6 is 0 Å². The lowest BCUT2D eigenvalue weighted by Crippen LogP contribution is -2.61. The molecule has 0 spiro atoms. The van der Waals surface area contributed by atoms with Crippen molar-refractivity contribution in [3.05, 3.63) is 59.7 Å². The zero-order valence-electron chi connectivity index (χ0n) is 25.5. The van der Waals surface area contributed by atoms with Crippen LogP contribution in [0.2, 0.25) is 0 Å². The molecule has 4 aliphatic carbocycles. The third kappa shape index (κ3) is 5.77. The van der Waals surface area contributed by atoms with Crippen molar-refractivity contribution in [2.45, 2.75) is 82.6 Å². The van der Waals surface area contributed by atoms with Gasteiger partial charge in [0.25, 0.3) is 0 Å². The van der Waals surface area contributed by atoms with Gasteiger partial charge in [0.15, 0.2) is 18.4 Å². The van der Waals surface area contributed by atoms with E-state index in [9.17, 15) is 44.4 Å². The van der Waals surface area contributed by atoms with Crippen molar-refractivity contribution in [2.24, 2.45) is 28.6 Å². The summed E-state index contributed by atoms with van der Waals surface area (Å²) in [4.78, 5) is 62.1. The fraction of sp³-hybridized carbons (Fsp3) is 0.559. The van der Waals surface area contributed by atoms with Gasteiger partial charge in [-0.05, 0) is 61.7 Å². The molecule has 5 N–H and O–H groups in total. The molecule has 3 fully saturated rings. The summed E-state index contributed by atoms with van der Waals surface area (Å²) in [5.74, 6) is -4.04. The Morgan fingerprint density at radius 1 is 1.09 bits per heavy atom. The molecule has 1 aromatic carbocycles. The number of ketones is 2. The summed E-state index contributed by atoms with van der Waals surface area (Å²) in [6.07, 6.45) is 4.24. The lowest BCUT2D eigenvalue weighted by Gasteiger charge is -2.59. The van der Waals surface area contributed by atoms with Gasteiger partial charge in [-0.1, -0.05) is 55.8 Å². The van der Waals surface area contributed by atoms with E-state index in [1.54, 1.807) is 30.4 Å². The minimum Gasteiger partial charge on any atom is -0.480 e. The standard InChI is InChI=1S/C34H41NO10/c1-32-14-12-21(36)16-20(32)8-9-22-23-13-15-34(44,33(23,2)17-24(37)28(22)32)25(38)18-45-27(40)11-10-26(39)35-29(31(42)43)30(41)19-6-4-3-5-7-19/h3-7,12,14,16,22-24,28-30,37,41,44H,8-11,13,15,17-18H2,1-2H3,(H,35,39)(H,42,43)/t22-,23+,24+,28+,29-,30-,32+,33+,34+/m1/s1. The van der Waals surface area contributed by atoms with Crippen LogP contribution in [-0.4, -0.2) is 74.2 Å². The molecule has 0 saturated heterocycles. The van der Waals surface area contributed by atoms with Crippen molar-refractivity contribution in [3.8, 4) is 0 Å². The van der Waals surface area contributed by atoms with Gasteiger partial charge in [-0.3, -0.25) is 19.2 Å². The van der Waals surface area contributed by atoms with Gasteiger partial charge in [-0.25, -0.2) is 4.79 Å². The van der Waals surface area contributed by atoms with Crippen LogP contribution in [0, 0.1) is 28.6 Å². The van der Waals surface area contributed by atoms with E-state index in [2.05, 4.69) is 5.32 Å². The van der Waals surface area contributed by atoms with Crippen molar-refractivity contribution in [2.75, 3.05) is 6.61 Å². The molecule has 11 nitrogen and oxygen atoms in total. The zero-order chi connectivity index (χ0) is 32.7. The monoisotopic (exact) mass is 623 g/mol. The molecule has 11 heteroatoms. The smallest absolute Gasteiger partial charge is 0.329 e. The molecule has 0 unspecified atom stereocenters. The second-order valence-electron chi connectivity index (χ2n) is 13.4. The van der Waals surface area contributed by atoms with E-state index >= 15 is 0 Å². The third-order valence-corrected chi connectivity index (χ3v) is 11.1. The predicted octanol–water partition coefficient (Wildman–Crippen LogP) is 2.19. The van der Waals surface area contributed by atoms with E-state index in [1.807, 2.05) is 19.9 Å². The number of ether oxygens (including phenoxy) is 1. The molecular formula is C34H41NO10. The molecule has 0 aromatic heterocycles. The third-order valence-electron chi connectivity index (χ3n) is 11.1. The van der Waals surface area contributed by atoms with E-state index in [4.69, 9.17) is 4.74 Å². The molecule has 0 radical (unpaired) electrons. The lowest BCUT2D eigenvalue weighted by atomic mass is 9.46. The Labute approximate surface area is 261 Å². The van der Waals surface area contributed by atoms with E-state index in [-0.39, 0.29) is 36.4 Å². The van der Waals surface area contributed by atoms with Crippen molar-refractivity contribution < 1.29 is 49.1 Å². The molecule has 3 saturated carbocycles. The van der Waals surface area contributed by atoms with Gasteiger partial charge >= 0.3 is 11.9 Å². The molecule has 0 heterocycles. The second kappa shape index (κ2) is 12.3. The number of nitrogens with one attached hydrogen (secondary N) is 1. The van der Waals surface area contributed by atoms with Crippen LogP contribution in [0.15, 0.2) is 54.1 Å². The Balaban J connectivity index is 1.17. The maximum Gasteiger partial charge on any atom is 0.329 e. The van der Waals surface area contributed by atoms with Gasteiger partial charge in [-0.15, -0.1) is 0 Å². The Bertz CT molecular complexity index is 1440. The number of rotatable bonds is 10. The number of aliphatic hydroxyl groups excluding tert-OH is 2. The highest BCUT2D eigenvalue weighted by molar-refractivity contribution is 6.01. The van der Waals surface area contributed by atoms with E-state index in [0.29, 0.717) is 18.4 Å². The lowest BCUT2D eigenvalue weighted by molar-refractivity contribution is -0.181. The van der Waals surface area contributed by atoms with Gasteiger partial charge in [-0.2, -0.15) is 0 Å². The predicted molar refractivity (Wildman–Crippen MR) is 159 cm³/mol. The van der Waals surface area contributed by atoms with Gasteiger partial charge in [0.1, 0.15) is 11.7 Å². The van der Waals surface area contributed by atoms with Crippen LogP contribution < -0.4 is 5.32 Å². The molecule has 0 aliphatic heterocycles. The van der Waals surface area contributed by atoms with E-state index in [1.165, 1.54) is 12.1 Å². The summed E-state index contributed by atoms with van der Waals surface area (Å²) >= 11 is 0. The molecule has 242 valence electrons. The minimum atomic E-state index is -1.82. The van der Waals surface area contributed by atoms with Crippen molar-refractivity contribution in [3.63, 3.8) is 0 Å². The molecule has 4 aliphatic rings. The molecule has 1 aromatic rings. The topological polar surface area (TPSA) is 188 Å².